The number of nitrogens with zero attached hydrogens (tertiary/aromatic N) is 2. The summed E-state index contributed by atoms with van der Waals surface area (Å²) in [4.78, 5) is 31.7. The van der Waals surface area contributed by atoms with Gasteiger partial charge in [0.1, 0.15) is 0 Å². The minimum atomic E-state index is -0.306. The summed E-state index contributed by atoms with van der Waals surface area (Å²) in [7, 11) is 1.60. The Labute approximate surface area is 183 Å². The third-order valence-corrected chi connectivity index (χ3v) is 6.23. The van der Waals surface area contributed by atoms with E-state index in [0.717, 1.165) is 21.3 Å². The molecule has 0 aliphatic carbocycles. The maximum Gasteiger partial charge on any atom is 0.254 e. The van der Waals surface area contributed by atoms with Gasteiger partial charge in [0, 0.05) is 28.6 Å². The van der Waals surface area contributed by atoms with E-state index in [1.807, 2.05) is 19.1 Å². The highest BCUT2D eigenvalue weighted by molar-refractivity contribution is 7.98. The van der Waals surface area contributed by atoms with E-state index in [1.54, 1.807) is 66.5 Å². The summed E-state index contributed by atoms with van der Waals surface area (Å²) in [6.45, 7) is 1.92. The summed E-state index contributed by atoms with van der Waals surface area (Å²) in [5, 5.41) is 6.29. The lowest BCUT2D eigenvalue weighted by atomic mass is 10.2. The fourth-order valence-electron chi connectivity index (χ4n) is 2.59. The van der Waals surface area contributed by atoms with Gasteiger partial charge in [-0.3, -0.25) is 9.59 Å². The zero-order valence-corrected chi connectivity index (χ0v) is 18.4. The molecule has 0 radical (unpaired) electrons. The van der Waals surface area contributed by atoms with Gasteiger partial charge in [-0.05, 0) is 43.3 Å². The number of amides is 2. The molecule has 5 nitrogen and oxygen atoms in total. The number of likely N-dealkylation sites (N-methyl/N-ethyl adjacent to an activating group) is 1. The van der Waals surface area contributed by atoms with Crippen LogP contribution in [0.4, 0.5) is 5.69 Å². The molecule has 0 unspecified atom stereocenters. The highest BCUT2D eigenvalue weighted by Crippen LogP contribution is 2.24. The van der Waals surface area contributed by atoms with Crippen molar-refractivity contribution >= 4 is 52.2 Å². The number of aryl methyl sites for hydroxylation is 1. The van der Waals surface area contributed by atoms with Gasteiger partial charge < -0.3 is 10.2 Å². The summed E-state index contributed by atoms with van der Waals surface area (Å²) >= 11 is 9.36. The summed E-state index contributed by atoms with van der Waals surface area (Å²) in [6, 6.07) is 14.4. The second-order valence-electron chi connectivity index (χ2n) is 6.36. The fourth-order valence-corrected chi connectivity index (χ4v) is 4.28. The van der Waals surface area contributed by atoms with Gasteiger partial charge in [-0.2, -0.15) is 0 Å². The largest absolute Gasteiger partial charge is 0.332 e. The van der Waals surface area contributed by atoms with Gasteiger partial charge in [0.25, 0.3) is 5.91 Å². The van der Waals surface area contributed by atoms with E-state index >= 15 is 0 Å². The van der Waals surface area contributed by atoms with E-state index in [4.69, 9.17) is 11.6 Å². The Morgan fingerprint density at radius 3 is 2.55 bits per heavy atom. The van der Waals surface area contributed by atoms with Gasteiger partial charge in [-0.15, -0.1) is 23.1 Å². The fraction of sp³-hybridized carbons (Fsp3) is 0.190. The Kier molecular flexibility index (Phi) is 7.30. The molecular formula is C21H20ClN3O2S2. The van der Waals surface area contributed by atoms with Crippen LogP contribution in [-0.4, -0.2) is 35.3 Å². The Balaban J connectivity index is 1.53. The van der Waals surface area contributed by atoms with Gasteiger partial charge in [-0.25, -0.2) is 4.98 Å². The molecule has 0 aliphatic rings. The van der Waals surface area contributed by atoms with Gasteiger partial charge in [0.2, 0.25) is 5.91 Å². The van der Waals surface area contributed by atoms with Gasteiger partial charge in [0.05, 0.1) is 28.0 Å². The van der Waals surface area contributed by atoms with E-state index in [0.29, 0.717) is 16.3 Å². The van der Waals surface area contributed by atoms with Crippen LogP contribution in [0.2, 0.25) is 5.02 Å². The molecule has 3 rings (SSSR count). The van der Waals surface area contributed by atoms with Crippen molar-refractivity contribution in [2.24, 2.45) is 0 Å². The quantitative estimate of drug-likeness (QED) is 0.513. The van der Waals surface area contributed by atoms with Crippen molar-refractivity contribution in [2.45, 2.75) is 17.6 Å². The van der Waals surface area contributed by atoms with Gasteiger partial charge >= 0.3 is 0 Å². The lowest BCUT2D eigenvalue weighted by molar-refractivity contribution is -0.116. The molecular weight excluding hydrogens is 426 g/mol. The highest BCUT2D eigenvalue weighted by atomic mass is 35.5. The predicted octanol–water partition coefficient (Wildman–Crippen LogP) is 5.11. The zero-order valence-electron chi connectivity index (χ0n) is 16.0. The van der Waals surface area contributed by atoms with Crippen molar-refractivity contribution in [1.29, 1.82) is 0 Å². The smallest absolute Gasteiger partial charge is 0.254 e. The first-order valence-electron chi connectivity index (χ1n) is 8.86. The number of thioether (sulfide) groups is 1. The van der Waals surface area contributed by atoms with Crippen LogP contribution in [0.1, 0.15) is 21.1 Å². The summed E-state index contributed by atoms with van der Waals surface area (Å²) in [6.07, 6.45) is 0. The van der Waals surface area contributed by atoms with Crippen LogP contribution in [0.25, 0.3) is 0 Å². The number of carbonyl (C=O) groups excluding carboxylic acids is 2. The number of aromatic nitrogens is 1. The van der Waals surface area contributed by atoms with Crippen molar-refractivity contribution < 1.29 is 9.59 Å². The Bertz CT molecular complexity index is 1010. The van der Waals surface area contributed by atoms with Crippen molar-refractivity contribution in [3.63, 3.8) is 0 Å². The van der Waals surface area contributed by atoms with Crippen LogP contribution in [0, 0.1) is 6.92 Å². The first kappa shape index (κ1) is 21.4. The Morgan fingerprint density at radius 1 is 1.17 bits per heavy atom. The predicted molar refractivity (Wildman–Crippen MR) is 120 cm³/mol. The summed E-state index contributed by atoms with van der Waals surface area (Å²) < 4.78 is 0. The number of thiazole rings is 1. The minimum absolute atomic E-state index is 0.0657. The van der Waals surface area contributed by atoms with Crippen molar-refractivity contribution in [2.75, 3.05) is 18.9 Å². The standard InChI is InChI=1S/C21H20ClN3O2S2/c1-14-23-16(12-28-14)13-29-17-9-7-15(8-10-17)21(27)25(2)11-20(26)24-19-6-4-3-5-18(19)22/h3-10,12H,11,13H2,1-2H3,(H,24,26). The molecule has 0 saturated heterocycles. The van der Waals surface area contributed by atoms with Crippen LogP contribution in [0.5, 0.6) is 0 Å². The summed E-state index contributed by atoms with van der Waals surface area (Å²) in [5.41, 5.74) is 2.12. The zero-order chi connectivity index (χ0) is 20.8. The average Bonchev–Trinajstić information content (AvgIpc) is 3.13. The Morgan fingerprint density at radius 2 is 1.90 bits per heavy atom. The second kappa shape index (κ2) is 9.91. The number of rotatable bonds is 7. The third-order valence-electron chi connectivity index (χ3n) is 4.03. The molecule has 2 amide bonds. The molecule has 0 spiro atoms. The minimum Gasteiger partial charge on any atom is -0.332 e. The molecule has 0 atom stereocenters. The van der Waals surface area contributed by atoms with E-state index < -0.39 is 0 Å². The number of benzene rings is 2. The number of anilines is 1. The number of nitrogens with one attached hydrogen (secondary N) is 1. The van der Waals surface area contributed by atoms with Crippen LogP contribution in [0.3, 0.4) is 0 Å². The molecule has 3 aromatic rings. The highest BCUT2D eigenvalue weighted by Gasteiger charge is 2.16. The molecule has 1 aromatic heterocycles. The number of hydrogen-bond acceptors (Lipinski definition) is 5. The van der Waals surface area contributed by atoms with Crippen LogP contribution >= 0.6 is 34.7 Å². The molecule has 0 bridgehead atoms. The number of hydrogen-bond donors (Lipinski definition) is 1. The molecule has 0 fully saturated rings. The average molecular weight is 446 g/mol. The molecule has 0 aliphatic heterocycles. The Hall–Kier alpha value is -2.35. The maximum absolute atomic E-state index is 12.6. The molecule has 150 valence electrons. The second-order valence-corrected chi connectivity index (χ2v) is 8.88. The van der Waals surface area contributed by atoms with E-state index in [-0.39, 0.29) is 18.4 Å². The van der Waals surface area contributed by atoms with Crippen molar-refractivity contribution in [3.8, 4) is 0 Å². The first-order valence-corrected chi connectivity index (χ1v) is 11.1. The molecule has 0 saturated carbocycles. The normalized spacial score (nSPS) is 10.6. The van der Waals surface area contributed by atoms with Crippen LogP contribution < -0.4 is 5.32 Å². The topological polar surface area (TPSA) is 62.3 Å². The monoisotopic (exact) mass is 445 g/mol. The van der Waals surface area contributed by atoms with Crippen LogP contribution in [-0.2, 0) is 10.5 Å². The molecule has 1 heterocycles. The van der Waals surface area contributed by atoms with Gasteiger partial charge in [-0.1, -0.05) is 23.7 Å². The molecule has 2 aromatic carbocycles. The van der Waals surface area contributed by atoms with E-state index in [1.165, 1.54) is 4.90 Å². The number of carbonyl (C=O) groups is 2. The van der Waals surface area contributed by atoms with Gasteiger partial charge in [0.15, 0.2) is 0 Å². The van der Waals surface area contributed by atoms with Crippen molar-refractivity contribution in [1.82, 2.24) is 9.88 Å². The third kappa shape index (κ3) is 6.06. The molecule has 1 N–H and O–H groups in total. The van der Waals surface area contributed by atoms with E-state index in [9.17, 15) is 9.59 Å². The summed E-state index contributed by atoms with van der Waals surface area (Å²) in [5.74, 6) is 0.269. The number of halogens is 1. The van der Waals surface area contributed by atoms with Crippen LogP contribution in [0.15, 0.2) is 58.8 Å². The SMILES string of the molecule is Cc1nc(CSc2ccc(C(=O)N(C)CC(=O)Nc3ccccc3Cl)cc2)cs1. The van der Waals surface area contributed by atoms with Crippen molar-refractivity contribution in [3.05, 3.63) is 75.2 Å². The lowest BCUT2D eigenvalue weighted by Gasteiger charge is -2.17. The lowest BCUT2D eigenvalue weighted by Crippen LogP contribution is -2.34. The molecule has 8 heteroatoms. The van der Waals surface area contributed by atoms with E-state index in [2.05, 4.69) is 15.7 Å². The molecule has 29 heavy (non-hydrogen) atoms. The first-order chi connectivity index (χ1) is 13.9. The maximum atomic E-state index is 12.6. The number of para-hydroxylation sites is 1.